The zero-order valence-electron chi connectivity index (χ0n) is 13.4. The largest absolute Gasteiger partial charge is 0.465 e. The molecule has 134 valence electrons. The van der Waals surface area contributed by atoms with E-state index < -0.39 is 24.0 Å². The number of imide groups is 1. The monoisotopic (exact) mass is 341 g/mol. The van der Waals surface area contributed by atoms with Crippen molar-refractivity contribution >= 4 is 24.3 Å². The topological polar surface area (TPSA) is 127 Å². The van der Waals surface area contributed by atoms with Gasteiger partial charge in [-0.1, -0.05) is 12.8 Å². The molecule has 1 unspecified atom stereocenters. The molecule has 3 N–H and O–H groups in total. The number of rotatable bonds is 6. The molecular formula is C15H23N3O6. The van der Waals surface area contributed by atoms with Gasteiger partial charge in [-0.05, 0) is 31.6 Å². The van der Waals surface area contributed by atoms with E-state index in [0.717, 1.165) is 25.7 Å². The molecule has 0 bridgehead atoms. The van der Waals surface area contributed by atoms with E-state index in [2.05, 4.69) is 0 Å². The number of amides is 4. The normalized spacial score (nSPS) is 22.2. The molecule has 1 saturated carbocycles. The highest BCUT2D eigenvalue weighted by atomic mass is 16.5. The first-order valence-electron chi connectivity index (χ1n) is 8.19. The Morgan fingerprint density at radius 3 is 2.46 bits per heavy atom. The fraction of sp³-hybridized carbons (Fsp3) is 0.733. The third kappa shape index (κ3) is 4.22. The van der Waals surface area contributed by atoms with Gasteiger partial charge in [0.05, 0.1) is 12.5 Å². The van der Waals surface area contributed by atoms with Crippen molar-refractivity contribution in [1.29, 1.82) is 0 Å². The van der Waals surface area contributed by atoms with E-state index in [1.807, 2.05) is 0 Å². The molecule has 4 amide bonds. The minimum atomic E-state index is -1.45. The number of likely N-dealkylation sites (tertiary alicyclic amines) is 1. The van der Waals surface area contributed by atoms with E-state index in [9.17, 15) is 24.4 Å². The minimum Gasteiger partial charge on any atom is -0.465 e. The van der Waals surface area contributed by atoms with E-state index in [4.69, 9.17) is 5.11 Å². The Morgan fingerprint density at radius 2 is 1.88 bits per heavy atom. The second-order valence-corrected chi connectivity index (χ2v) is 6.36. The molecule has 0 radical (unpaired) electrons. The fourth-order valence-corrected chi connectivity index (χ4v) is 3.74. The lowest BCUT2D eigenvalue weighted by molar-refractivity contribution is -0.159. The summed E-state index contributed by atoms with van der Waals surface area (Å²) in [7, 11) is 0. The van der Waals surface area contributed by atoms with Crippen LogP contribution in [0.1, 0.15) is 38.5 Å². The molecule has 2 rings (SSSR count). The van der Waals surface area contributed by atoms with Gasteiger partial charge in [0, 0.05) is 6.54 Å². The van der Waals surface area contributed by atoms with Crippen LogP contribution in [-0.2, 0) is 14.4 Å². The number of carboxylic acid groups (broad SMARTS) is 1. The highest BCUT2D eigenvalue weighted by Crippen LogP contribution is 2.34. The van der Waals surface area contributed by atoms with Gasteiger partial charge >= 0.3 is 6.09 Å². The third-order valence-corrected chi connectivity index (χ3v) is 4.86. The first-order valence-corrected chi connectivity index (χ1v) is 8.19. The van der Waals surface area contributed by atoms with Crippen LogP contribution in [0.15, 0.2) is 0 Å². The summed E-state index contributed by atoms with van der Waals surface area (Å²) >= 11 is 0. The molecule has 1 heterocycles. The molecule has 9 nitrogen and oxygen atoms in total. The second kappa shape index (κ2) is 8.09. The summed E-state index contributed by atoms with van der Waals surface area (Å²) in [5.74, 6) is -1.54. The summed E-state index contributed by atoms with van der Waals surface area (Å²) in [6.07, 6.45) is 3.47. The zero-order chi connectivity index (χ0) is 17.7. The van der Waals surface area contributed by atoms with Gasteiger partial charge in [0.2, 0.25) is 12.3 Å². The molecule has 9 heteroatoms. The maximum atomic E-state index is 12.9. The Bertz CT molecular complexity index is 505. The van der Waals surface area contributed by atoms with Gasteiger partial charge in [-0.2, -0.15) is 0 Å². The molecule has 0 aromatic rings. The molecule has 0 spiro atoms. The van der Waals surface area contributed by atoms with Crippen molar-refractivity contribution in [3.63, 3.8) is 0 Å². The van der Waals surface area contributed by atoms with Crippen molar-refractivity contribution in [3.8, 4) is 0 Å². The number of hydroxylamine groups is 2. The Hall–Kier alpha value is -2.16. The lowest BCUT2D eigenvalue weighted by atomic mass is 9.89. The zero-order valence-corrected chi connectivity index (χ0v) is 13.4. The predicted octanol–water partition coefficient (Wildman–Crippen LogP) is 0.426. The number of hydrogen-bond donors (Lipinski definition) is 3. The van der Waals surface area contributed by atoms with E-state index in [-0.39, 0.29) is 24.8 Å². The highest BCUT2D eigenvalue weighted by Gasteiger charge is 2.41. The summed E-state index contributed by atoms with van der Waals surface area (Å²) < 4.78 is 0. The lowest BCUT2D eigenvalue weighted by Gasteiger charge is -2.31. The van der Waals surface area contributed by atoms with Crippen LogP contribution in [-0.4, -0.2) is 63.7 Å². The highest BCUT2D eigenvalue weighted by molar-refractivity contribution is 5.96. The number of hydrogen-bond acceptors (Lipinski definition) is 5. The Labute approximate surface area is 139 Å². The molecule has 0 aromatic heterocycles. The first kappa shape index (κ1) is 18.2. The van der Waals surface area contributed by atoms with Crippen molar-refractivity contribution in [2.45, 2.75) is 44.6 Å². The molecule has 24 heavy (non-hydrogen) atoms. The van der Waals surface area contributed by atoms with E-state index in [1.54, 1.807) is 5.32 Å². The van der Waals surface area contributed by atoms with Gasteiger partial charge in [-0.3, -0.25) is 24.9 Å². The summed E-state index contributed by atoms with van der Waals surface area (Å²) in [6, 6.07) is -0.819. The van der Waals surface area contributed by atoms with E-state index in [0.29, 0.717) is 24.4 Å². The van der Waals surface area contributed by atoms with Crippen molar-refractivity contribution in [1.82, 2.24) is 15.3 Å². The van der Waals surface area contributed by atoms with Crippen LogP contribution >= 0.6 is 0 Å². The summed E-state index contributed by atoms with van der Waals surface area (Å²) in [5.41, 5.74) is 0. The molecule has 1 saturated heterocycles. The van der Waals surface area contributed by atoms with Gasteiger partial charge in [0.1, 0.15) is 6.04 Å². The van der Waals surface area contributed by atoms with Crippen molar-refractivity contribution < 1.29 is 29.5 Å². The van der Waals surface area contributed by atoms with Crippen LogP contribution < -0.4 is 5.32 Å². The van der Waals surface area contributed by atoms with Crippen LogP contribution in [0.3, 0.4) is 0 Å². The van der Waals surface area contributed by atoms with Crippen LogP contribution in [0.4, 0.5) is 4.79 Å². The first-order chi connectivity index (χ1) is 11.4. The van der Waals surface area contributed by atoms with Gasteiger partial charge in [0.15, 0.2) is 0 Å². The Balaban J connectivity index is 2.12. The van der Waals surface area contributed by atoms with Gasteiger partial charge in [-0.15, -0.1) is 0 Å². The quantitative estimate of drug-likeness (QED) is 0.365. The average molecular weight is 341 g/mol. The molecule has 0 aromatic carbocycles. The van der Waals surface area contributed by atoms with E-state index >= 15 is 0 Å². The fourth-order valence-electron chi connectivity index (χ4n) is 3.74. The minimum absolute atomic E-state index is 0.0517. The molecule has 1 aliphatic heterocycles. The predicted molar refractivity (Wildman–Crippen MR) is 80.9 cm³/mol. The van der Waals surface area contributed by atoms with Gasteiger partial charge < -0.3 is 10.0 Å². The second-order valence-electron chi connectivity index (χ2n) is 6.36. The van der Waals surface area contributed by atoms with Gasteiger partial charge in [-0.25, -0.2) is 9.86 Å². The average Bonchev–Trinajstić information content (AvgIpc) is 3.21. The van der Waals surface area contributed by atoms with Crippen molar-refractivity contribution in [2.75, 3.05) is 13.1 Å². The summed E-state index contributed by atoms with van der Waals surface area (Å²) in [6.45, 7) is 0.253. The number of nitrogens with one attached hydrogen (secondary N) is 1. The van der Waals surface area contributed by atoms with Crippen LogP contribution in [0.2, 0.25) is 0 Å². The smallest absolute Gasteiger partial charge is 0.411 e. The molecule has 2 atom stereocenters. The van der Waals surface area contributed by atoms with Crippen molar-refractivity contribution in [3.05, 3.63) is 0 Å². The Kier molecular flexibility index (Phi) is 6.13. The van der Waals surface area contributed by atoms with Gasteiger partial charge in [0.25, 0.3) is 5.91 Å². The lowest BCUT2D eigenvalue weighted by Crippen LogP contribution is -2.51. The van der Waals surface area contributed by atoms with E-state index in [1.165, 1.54) is 4.90 Å². The standard InChI is InChI=1S/C15H23N3O6/c19-9-17(24)8-11(10-4-1-2-5-10)14(21)18-7-3-6-12(18)13(20)16-15(22)23/h9-12,24H,1-8H2,(H,16,20)(H,22,23)/t11?,12-/m0/s1. The summed E-state index contributed by atoms with van der Waals surface area (Å²) in [5, 5.41) is 20.5. The molecule has 2 aliphatic rings. The maximum Gasteiger partial charge on any atom is 0.411 e. The molecule has 1 aliphatic carbocycles. The Morgan fingerprint density at radius 1 is 1.21 bits per heavy atom. The van der Waals surface area contributed by atoms with Crippen LogP contribution in [0.25, 0.3) is 0 Å². The van der Waals surface area contributed by atoms with Crippen molar-refractivity contribution in [2.24, 2.45) is 11.8 Å². The third-order valence-electron chi connectivity index (χ3n) is 4.86. The number of nitrogens with zero attached hydrogens (tertiary/aromatic N) is 2. The number of carbonyl (C=O) groups is 4. The number of carbonyl (C=O) groups excluding carboxylic acids is 3. The van der Waals surface area contributed by atoms with Crippen LogP contribution in [0.5, 0.6) is 0 Å². The molecular weight excluding hydrogens is 318 g/mol. The SMILES string of the molecule is O=CN(O)CC(C(=O)N1CCC[C@H]1C(=O)NC(=O)O)C1CCCC1. The van der Waals surface area contributed by atoms with Crippen LogP contribution in [0, 0.1) is 11.8 Å². The summed E-state index contributed by atoms with van der Waals surface area (Å²) in [4.78, 5) is 47.7. The maximum absolute atomic E-state index is 12.9. The molecule has 2 fully saturated rings.